The summed E-state index contributed by atoms with van der Waals surface area (Å²) in [4.78, 5) is 0. The number of ether oxygens (including phenoxy) is 2. The highest BCUT2D eigenvalue weighted by molar-refractivity contribution is 5.28. The number of hydrogen-bond acceptors (Lipinski definition) is 3. The van der Waals surface area contributed by atoms with Crippen LogP contribution in [0.4, 0.5) is 0 Å². The van der Waals surface area contributed by atoms with Crippen LogP contribution in [0.25, 0.3) is 0 Å². The predicted octanol–water partition coefficient (Wildman–Crippen LogP) is 4.02. The fourth-order valence-electron chi connectivity index (χ4n) is 2.65. The lowest BCUT2D eigenvalue weighted by atomic mass is 9.98. The third kappa shape index (κ3) is 5.99. The molecule has 3 heteroatoms. The van der Waals surface area contributed by atoms with Gasteiger partial charge in [0.25, 0.3) is 0 Å². The third-order valence-corrected chi connectivity index (χ3v) is 4.28. The van der Waals surface area contributed by atoms with Crippen molar-refractivity contribution in [1.82, 2.24) is 0 Å². The standard InChI is InChI=1S/C21H28O3/c1-3-17(15-22)14-19-8-10-21(11-9-19)24-13-12-18-4-6-20(7-5-18)16-23-2/h4-11,17,22H,3,12-16H2,1-2H3. The average molecular weight is 328 g/mol. The van der Waals surface area contributed by atoms with Gasteiger partial charge in [0, 0.05) is 20.1 Å². The van der Waals surface area contributed by atoms with Crippen LogP contribution in [0.2, 0.25) is 0 Å². The zero-order valence-corrected chi connectivity index (χ0v) is 14.7. The van der Waals surface area contributed by atoms with E-state index in [4.69, 9.17) is 9.47 Å². The summed E-state index contributed by atoms with van der Waals surface area (Å²) in [5.74, 6) is 1.24. The van der Waals surface area contributed by atoms with Gasteiger partial charge in [-0.25, -0.2) is 0 Å². The topological polar surface area (TPSA) is 38.7 Å². The van der Waals surface area contributed by atoms with Gasteiger partial charge in [0.05, 0.1) is 13.2 Å². The Bertz CT molecular complexity index is 571. The van der Waals surface area contributed by atoms with E-state index in [0.29, 0.717) is 19.1 Å². The first kappa shape index (κ1) is 18.5. The molecule has 2 rings (SSSR count). The molecule has 0 saturated heterocycles. The van der Waals surface area contributed by atoms with Crippen LogP contribution in [0.15, 0.2) is 48.5 Å². The van der Waals surface area contributed by atoms with Gasteiger partial charge in [-0.05, 0) is 41.2 Å². The molecule has 1 N–H and O–H groups in total. The summed E-state index contributed by atoms with van der Waals surface area (Å²) in [7, 11) is 1.71. The zero-order valence-electron chi connectivity index (χ0n) is 14.7. The largest absolute Gasteiger partial charge is 0.493 e. The van der Waals surface area contributed by atoms with Gasteiger partial charge in [0.15, 0.2) is 0 Å². The molecule has 0 radical (unpaired) electrons. The SMILES string of the molecule is CCC(CO)Cc1ccc(OCCc2ccc(COC)cc2)cc1. The van der Waals surface area contributed by atoms with Gasteiger partial charge in [0.2, 0.25) is 0 Å². The van der Waals surface area contributed by atoms with E-state index in [0.717, 1.165) is 25.0 Å². The van der Waals surface area contributed by atoms with Crippen molar-refractivity contribution in [2.24, 2.45) is 5.92 Å². The van der Waals surface area contributed by atoms with Gasteiger partial charge in [-0.2, -0.15) is 0 Å². The summed E-state index contributed by atoms with van der Waals surface area (Å²) in [5, 5.41) is 9.28. The van der Waals surface area contributed by atoms with Gasteiger partial charge in [0.1, 0.15) is 5.75 Å². The molecule has 0 aliphatic carbocycles. The first-order valence-electron chi connectivity index (χ1n) is 8.64. The fourth-order valence-corrected chi connectivity index (χ4v) is 2.65. The Morgan fingerprint density at radius 2 is 1.54 bits per heavy atom. The lowest BCUT2D eigenvalue weighted by molar-refractivity contribution is 0.185. The Kier molecular flexibility index (Phi) is 7.80. The Morgan fingerprint density at radius 1 is 0.917 bits per heavy atom. The molecule has 0 heterocycles. The number of rotatable bonds is 10. The van der Waals surface area contributed by atoms with E-state index in [1.165, 1.54) is 16.7 Å². The number of methoxy groups -OCH3 is 1. The maximum Gasteiger partial charge on any atom is 0.119 e. The van der Waals surface area contributed by atoms with E-state index >= 15 is 0 Å². The monoisotopic (exact) mass is 328 g/mol. The summed E-state index contributed by atoms with van der Waals surface area (Å²) in [6.07, 6.45) is 2.80. The molecular weight excluding hydrogens is 300 g/mol. The molecular formula is C21H28O3. The lowest BCUT2D eigenvalue weighted by Crippen LogP contribution is -2.08. The molecule has 0 saturated carbocycles. The maximum atomic E-state index is 9.28. The summed E-state index contributed by atoms with van der Waals surface area (Å²) in [6, 6.07) is 16.7. The molecule has 0 amide bonds. The smallest absolute Gasteiger partial charge is 0.119 e. The Hall–Kier alpha value is -1.84. The molecule has 0 spiro atoms. The zero-order chi connectivity index (χ0) is 17.2. The summed E-state index contributed by atoms with van der Waals surface area (Å²) in [6.45, 7) is 3.67. The number of aliphatic hydroxyl groups is 1. The van der Waals surface area contributed by atoms with Gasteiger partial charge < -0.3 is 14.6 Å². The second kappa shape index (κ2) is 10.1. The van der Waals surface area contributed by atoms with Gasteiger partial charge >= 0.3 is 0 Å². The Balaban J connectivity index is 1.77. The van der Waals surface area contributed by atoms with Crippen molar-refractivity contribution in [2.45, 2.75) is 32.8 Å². The summed E-state index contributed by atoms with van der Waals surface area (Å²) >= 11 is 0. The first-order chi connectivity index (χ1) is 11.7. The molecule has 2 aromatic carbocycles. The van der Waals surface area contributed by atoms with Crippen molar-refractivity contribution >= 4 is 0 Å². The van der Waals surface area contributed by atoms with E-state index < -0.39 is 0 Å². The van der Waals surface area contributed by atoms with Crippen LogP contribution in [-0.2, 0) is 24.2 Å². The molecule has 1 atom stereocenters. The molecule has 0 aromatic heterocycles. The number of benzene rings is 2. The average Bonchev–Trinajstić information content (AvgIpc) is 2.62. The summed E-state index contributed by atoms with van der Waals surface area (Å²) in [5.41, 5.74) is 3.70. The molecule has 1 unspecified atom stereocenters. The van der Waals surface area contributed by atoms with E-state index in [-0.39, 0.29) is 6.61 Å². The minimum absolute atomic E-state index is 0.248. The molecule has 3 nitrogen and oxygen atoms in total. The minimum atomic E-state index is 0.248. The van der Waals surface area contributed by atoms with Crippen LogP contribution in [0.3, 0.4) is 0 Å². The van der Waals surface area contributed by atoms with Crippen molar-refractivity contribution in [1.29, 1.82) is 0 Å². The van der Waals surface area contributed by atoms with Crippen LogP contribution >= 0.6 is 0 Å². The van der Waals surface area contributed by atoms with E-state index in [2.05, 4.69) is 43.3 Å². The van der Waals surface area contributed by atoms with E-state index in [1.54, 1.807) is 7.11 Å². The van der Waals surface area contributed by atoms with Crippen molar-refractivity contribution in [2.75, 3.05) is 20.3 Å². The van der Waals surface area contributed by atoms with Gasteiger partial charge in [-0.1, -0.05) is 49.7 Å². The van der Waals surface area contributed by atoms with Crippen LogP contribution in [0, 0.1) is 5.92 Å². The highest BCUT2D eigenvalue weighted by atomic mass is 16.5. The molecule has 0 aliphatic rings. The van der Waals surface area contributed by atoms with Crippen molar-refractivity contribution in [3.05, 3.63) is 65.2 Å². The minimum Gasteiger partial charge on any atom is -0.493 e. The first-order valence-corrected chi connectivity index (χ1v) is 8.64. The van der Waals surface area contributed by atoms with Crippen LogP contribution < -0.4 is 4.74 Å². The second-order valence-electron chi connectivity index (χ2n) is 6.15. The van der Waals surface area contributed by atoms with E-state index in [9.17, 15) is 5.11 Å². The quantitative estimate of drug-likeness (QED) is 0.716. The van der Waals surface area contributed by atoms with Gasteiger partial charge in [-0.3, -0.25) is 0 Å². The lowest BCUT2D eigenvalue weighted by Gasteiger charge is -2.12. The van der Waals surface area contributed by atoms with Crippen LogP contribution in [-0.4, -0.2) is 25.4 Å². The molecule has 24 heavy (non-hydrogen) atoms. The molecule has 0 fully saturated rings. The van der Waals surface area contributed by atoms with Crippen molar-refractivity contribution in [3.63, 3.8) is 0 Å². The van der Waals surface area contributed by atoms with Crippen molar-refractivity contribution in [3.8, 4) is 5.75 Å². The van der Waals surface area contributed by atoms with Gasteiger partial charge in [-0.15, -0.1) is 0 Å². The normalized spacial score (nSPS) is 12.1. The molecule has 2 aromatic rings. The molecule has 0 aliphatic heterocycles. The molecule has 0 bridgehead atoms. The fraction of sp³-hybridized carbons (Fsp3) is 0.429. The van der Waals surface area contributed by atoms with E-state index in [1.807, 2.05) is 12.1 Å². The van der Waals surface area contributed by atoms with Crippen LogP contribution in [0.1, 0.15) is 30.0 Å². The summed E-state index contributed by atoms with van der Waals surface area (Å²) < 4.78 is 10.9. The van der Waals surface area contributed by atoms with Crippen molar-refractivity contribution < 1.29 is 14.6 Å². The highest BCUT2D eigenvalue weighted by Crippen LogP contribution is 2.17. The predicted molar refractivity (Wildman–Crippen MR) is 97.4 cm³/mol. The van der Waals surface area contributed by atoms with Crippen LogP contribution in [0.5, 0.6) is 5.75 Å². The Labute approximate surface area is 145 Å². The second-order valence-corrected chi connectivity index (χ2v) is 6.15. The third-order valence-electron chi connectivity index (χ3n) is 4.28. The number of hydrogen-bond donors (Lipinski definition) is 1. The Morgan fingerprint density at radius 3 is 2.12 bits per heavy atom. The highest BCUT2D eigenvalue weighted by Gasteiger charge is 2.06. The number of aliphatic hydroxyl groups excluding tert-OH is 1. The molecule has 130 valence electrons. The maximum absolute atomic E-state index is 9.28.